The number of carbonyl (C=O) groups is 2. The predicted octanol–water partition coefficient (Wildman–Crippen LogP) is 2.31. The topological polar surface area (TPSA) is 94.8 Å². The van der Waals surface area contributed by atoms with Gasteiger partial charge >= 0.3 is 0 Å². The molecule has 2 fully saturated rings. The van der Waals surface area contributed by atoms with Gasteiger partial charge in [0.05, 0.1) is 11.0 Å². The fourth-order valence-electron chi connectivity index (χ4n) is 7.00. The van der Waals surface area contributed by atoms with Crippen molar-refractivity contribution in [2.24, 2.45) is 22.7 Å². The number of hydrogen-bond donors (Lipinski definition) is 3. The molecule has 4 aliphatic rings. The molecule has 0 aromatic carbocycles. The predicted molar refractivity (Wildman–Crippen MR) is 105 cm³/mol. The van der Waals surface area contributed by atoms with E-state index in [1.807, 2.05) is 26.8 Å². The molecule has 0 radical (unpaired) electrons. The van der Waals surface area contributed by atoms with Gasteiger partial charge < -0.3 is 15.3 Å². The molecule has 4 rings (SSSR count). The second kappa shape index (κ2) is 6.00. The number of aliphatic hydroxyl groups excluding tert-OH is 2. The van der Waals surface area contributed by atoms with Gasteiger partial charge in [-0.05, 0) is 50.2 Å². The summed E-state index contributed by atoms with van der Waals surface area (Å²) in [4.78, 5) is 23.5. The molecule has 6 heteroatoms. The average molecular weight is 409 g/mol. The Morgan fingerprint density at radius 2 is 2.00 bits per heavy atom. The number of aliphatic hydroxyl groups is 3. The van der Waals surface area contributed by atoms with Crippen LogP contribution in [0.1, 0.15) is 52.9 Å². The Bertz CT molecular complexity index is 818. The molecule has 7 atom stereocenters. The van der Waals surface area contributed by atoms with Crippen molar-refractivity contribution >= 4 is 23.2 Å². The Labute approximate surface area is 170 Å². The molecule has 154 valence electrons. The zero-order valence-electron chi connectivity index (χ0n) is 16.7. The van der Waals surface area contributed by atoms with Gasteiger partial charge in [-0.1, -0.05) is 25.5 Å². The second-order valence-electron chi connectivity index (χ2n) is 9.72. The van der Waals surface area contributed by atoms with Crippen molar-refractivity contribution < 1.29 is 24.9 Å². The van der Waals surface area contributed by atoms with E-state index in [4.69, 9.17) is 11.6 Å². The molecular weight excluding hydrogens is 380 g/mol. The SMILES string of the molecule is CC1=C[C@H]2[C@@H]3CC[C@](O)(C(=O)CO)[C@@]3(C)CC(O)[C@]2(Cl)[C@@]2(C)CCC(=O)C=C12. The molecule has 4 aliphatic carbocycles. The highest BCUT2D eigenvalue weighted by atomic mass is 35.5. The molecule has 2 saturated carbocycles. The number of rotatable bonds is 2. The van der Waals surface area contributed by atoms with Crippen molar-refractivity contribution in [2.75, 3.05) is 6.61 Å². The molecule has 5 nitrogen and oxygen atoms in total. The van der Waals surface area contributed by atoms with Crippen molar-refractivity contribution in [3.05, 3.63) is 23.3 Å². The van der Waals surface area contributed by atoms with E-state index in [9.17, 15) is 24.9 Å². The van der Waals surface area contributed by atoms with Crippen molar-refractivity contribution in [1.82, 2.24) is 0 Å². The molecule has 0 spiro atoms. The number of halogens is 1. The maximum atomic E-state index is 12.5. The number of hydrogen-bond acceptors (Lipinski definition) is 5. The molecular formula is C22H29ClO5. The van der Waals surface area contributed by atoms with Gasteiger partial charge in [-0.2, -0.15) is 0 Å². The normalized spacial score (nSPS) is 50.2. The van der Waals surface area contributed by atoms with Crippen LogP contribution in [0.25, 0.3) is 0 Å². The van der Waals surface area contributed by atoms with E-state index in [0.717, 1.165) is 11.1 Å². The molecule has 3 N–H and O–H groups in total. The van der Waals surface area contributed by atoms with E-state index in [2.05, 4.69) is 0 Å². The minimum atomic E-state index is -1.66. The van der Waals surface area contributed by atoms with Gasteiger partial charge in [0.1, 0.15) is 12.2 Å². The van der Waals surface area contributed by atoms with Gasteiger partial charge in [0.15, 0.2) is 11.6 Å². The average Bonchev–Trinajstić information content (AvgIpc) is 2.91. The van der Waals surface area contributed by atoms with Gasteiger partial charge in [0.2, 0.25) is 0 Å². The van der Waals surface area contributed by atoms with Crippen LogP contribution in [0.4, 0.5) is 0 Å². The third-order valence-electron chi connectivity index (χ3n) is 8.68. The lowest BCUT2D eigenvalue weighted by Gasteiger charge is -2.63. The molecule has 0 amide bonds. The van der Waals surface area contributed by atoms with Gasteiger partial charge in [0, 0.05) is 23.2 Å². The number of carbonyl (C=O) groups excluding carboxylic acids is 2. The van der Waals surface area contributed by atoms with Crippen LogP contribution in [0, 0.1) is 22.7 Å². The summed E-state index contributed by atoms with van der Waals surface area (Å²) >= 11 is 7.33. The number of ketones is 2. The van der Waals surface area contributed by atoms with Crippen molar-refractivity contribution in [3.8, 4) is 0 Å². The zero-order chi connectivity index (χ0) is 20.7. The highest BCUT2D eigenvalue weighted by molar-refractivity contribution is 6.26. The van der Waals surface area contributed by atoms with Crippen molar-refractivity contribution in [2.45, 2.75) is 69.5 Å². The Balaban J connectivity index is 1.89. The first-order chi connectivity index (χ1) is 13.0. The van der Waals surface area contributed by atoms with Gasteiger partial charge in [-0.3, -0.25) is 9.59 Å². The summed E-state index contributed by atoms with van der Waals surface area (Å²) in [6.45, 7) is 5.14. The minimum absolute atomic E-state index is 0.0814. The van der Waals surface area contributed by atoms with E-state index in [1.54, 1.807) is 6.08 Å². The number of allylic oxidation sites excluding steroid dienone is 4. The molecule has 0 aromatic heterocycles. The highest BCUT2D eigenvalue weighted by Gasteiger charge is 2.72. The van der Waals surface area contributed by atoms with Crippen LogP contribution in [-0.4, -0.2) is 50.1 Å². The van der Waals surface area contributed by atoms with Crippen LogP contribution < -0.4 is 0 Å². The third-order valence-corrected chi connectivity index (χ3v) is 9.60. The first-order valence-electron chi connectivity index (χ1n) is 10.1. The fraction of sp³-hybridized carbons (Fsp3) is 0.727. The van der Waals surface area contributed by atoms with E-state index in [-0.39, 0.29) is 30.5 Å². The Morgan fingerprint density at radius 1 is 1.32 bits per heavy atom. The number of alkyl halides is 1. The van der Waals surface area contributed by atoms with Gasteiger partial charge in [0.25, 0.3) is 0 Å². The van der Waals surface area contributed by atoms with E-state index in [0.29, 0.717) is 19.3 Å². The largest absolute Gasteiger partial charge is 0.391 e. The summed E-state index contributed by atoms with van der Waals surface area (Å²) in [5.74, 6) is -0.838. The molecule has 0 heterocycles. The second-order valence-corrected chi connectivity index (χ2v) is 10.3. The standard InChI is InChI=1S/C22H29ClO5/c1-12-8-16-14-5-7-21(28,18(27)11-24)20(14,3)10-17(26)22(16,23)19(2)6-4-13(25)9-15(12)19/h8-9,14,16-17,24,26,28H,4-7,10-11H2,1-3H3/t14-,16-,17?,19-,20-,21-,22-/m0/s1. The zero-order valence-corrected chi connectivity index (χ0v) is 17.4. The smallest absolute Gasteiger partial charge is 0.190 e. The summed E-state index contributed by atoms with van der Waals surface area (Å²) in [5.41, 5.74) is -1.20. The van der Waals surface area contributed by atoms with Crippen molar-refractivity contribution in [1.29, 1.82) is 0 Å². The van der Waals surface area contributed by atoms with E-state index < -0.39 is 39.8 Å². The lowest BCUT2D eigenvalue weighted by molar-refractivity contribution is -0.171. The fourth-order valence-corrected chi connectivity index (χ4v) is 7.49. The summed E-state index contributed by atoms with van der Waals surface area (Å²) in [6.07, 6.45) is 4.78. The van der Waals surface area contributed by atoms with Gasteiger partial charge in [-0.25, -0.2) is 0 Å². The molecule has 28 heavy (non-hydrogen) atoms. The summed E-state index contributed by atoms with van der Waals surface area (Å²) < 4.78 is 0. The summed E-state index contributed by atoms with van der Waals surface area (Å²) in [5, 5.41) is 32.1. The Morgan fingerprint density at radius 3 is 2.64 bits per heavy atom. The van der Waals surface area contributed by atoms with Crippen LogP contribution in [0.15, 0.2) is 23.3 Å². The molecule has 0 saturated heterocycles. The van der Waals surface area contributed by atoms with E-state index >= 15 is 0 Å². The number of Topliss-reactive ketones (excluding diaryl/α,β-unsaturated/α-hetero) is 1. The summed E-state index contributed by atoms with van der Waals surface area (Å²) in [6, 6.07) is 0. The maximum absolute atomic E-state index is 12.5. The lowest BCUT2D eigenvalue weighted by Crippen LogP contribution is -2.68. The van der Waals surface area contributed by atoms with Crippen LogP contribution >= 0.6 is 11.6 Å². The third kappa shape index (κ3) is 2.14. The molecule has 0 bridgehead atoms. The quantitative estimate of drug-likeness (QED) is 0.609. The van der Waals surface area contributed by atoms with Crippen molar-refractivity contribution in [3.63, 3.8) is 0 Å². The van der Waals surface area contributed by atoms with Crippen LogP contribution in [0.2, 0.25) is 0 Å². The van der Waals surface area contributed by atoms with E-state index in [1.165, 1.54) is 0 Å². The monoisotopic (exact) mass is 408 g/mol. The molecule has 0 aliphatic heterocycles. The van der Waals surface area contributed by atoms with Crippen LogP contribution in [0.3, 0.4) is 0 Å². The Hall–Kier alpha value is -1.01. The lowest BCUT2D eigenvalue weighted by atomic mass is 9.45. The minimum Gasteiger partial charge on any atom is -0.391 e. The molecule has 0 aromatic rings. The molecule has 1 unspecified atom stereocenters. The maximum Gasteiger partial charge on any atom is 0.190 e. The first-order valence-corrected chi connectivity index (χ1v) is 10.5. The highest BCUT2D eigenvalue weighted by Crippen LogP contribution is 2.70. The summed E-state index contributed by atoms with van der Waals surface area (Å²) in [7, 11) is 0. The Kier molecular flexibility index (Phi) is 4.35. The van der Waals surface area contributed by atoms with Gasteiger partial charge in [-0.15, -0.1) is 11.6 Å². The van der Waals surface area contributed by atoms with Crippen LogP contribution in [0.5, 0.6) is 0 Å². The first kappa shape index (κ1) is 20.3. The number of fused-ring (bicyclic) bond motifs is 5. The van der Waals surface area contributed by atoms with Crippen LogP contribution in [-0.2, 0) is 9.59 Å².